The van der Waals surface area contributed by atoms with E-state index < -0.39 is 0 Å². The molecule has 0 bridgehead atoms. The molecule has 1 saturated heterocycles. The number of hydrogen-bond donors (Lipinski definition) is 1. The number of hydrogen-bond acceptors (Lipinski definition) is 4. The summed E-state index contributed by atoms with van der Waals surface area (Å²) in [7, 11) is 3.55. The predicted octanol–water partition coefficient (Wildman–Crippen LogP) is 2.78. The quantitative estimate of drug-likeness (QED) is 0.524. The summed E-state index contributed by atoms with van der Waals surface area (Å²) in [5.41, 5.74) is 3.45. The SMILES string of the molecule is CN=C(NCc1cccc(-n2cccn2)c1)N1CCN(c2cccc(OC)c2)CC1. The monoisotopic (exact) mass is 404 g/mol. The third-order valence-electron chi connectivity index (χ3n) is 5.34. The van der Waals surface area contributed by atoms with Crippen LogP contribution in [0, 0.1) is 0 Å². The summed E-state index contributed by atoms with van der Waals surface area (Å²) in [5.74, 6) is 1.83. The summed E-state index contributed by atoms with van der Waals surface area (Å²) in [6, 6.07) is 18.6. The minimum atomic E-state index is 0.720. The molecular weight excluding hydrogens is 376 g/mol. The zero-order valence-electron chi connectivity index (χ0n) is 17.5. The van der Waals surface area contributed by atoms with Crippen molar-refractivity contribution in [3.63, 3.8) is 0 Å². The van der Waals surface area contributed by atoms with E-state index in [1.807, 2.05) is 36.1 Å². The Hall–Kier alpha value is -3.48. The number of aromatic nitrogens is 2. The van der Waals surface area contributed by atoms with Gasteiger partial charge in [-0.15, -0.1) is 0 Å². The highest BCUT2D eigenvalue weighted by Crippen LogP contribution is 2.22. The summed E-state index contributed by atoms with van der Waals surface area (Å²) >= 11 is 0. The Kier molecular flexibility index (Phi) is 6.17. The first kappa shape index (κ1) is 19.8. The van der Waals surface area contributed by atoms with E-state index in [0.29, 0.717) is 0 Å². The fraction of sp³-hybridized carbons (Fsp3) is 0.304. The van der Waals surface area contributed by atoms with E-state index in [4.69, 9.17) is 4.74 Å². The molecule has 0 radical (unpaired) electrons. The van der Waals surface area contributed by atoms with Gasteiger partial charge in [-0.2, -0.15) is 5.10 Å². The van der Waals surface area contributed by atoms with Gasteiger partial charge in [0.15, 0.2) is 5.96 Å². The fourth-order valence-corrected chi connectivity index (χ4v) is 3.73. The number of guanidine groups is 1. The molecule has 30 heavy (non-hydrogen) atoms. The highest BCUT2D eigenvalue weighted by molar-refractivity contribution is 5.80. The van der Waals surface area contributed by atoms with Gasteiger partial charge in [-0.1, -0.05) is 18.2 Å². The molecule has 2 heterocycles. The highest BCUT2D eigenvalue weighted by Gasteiger charge is 2.20. The molecule has 1 N–H and O–H groups in total. The lowest BCUT2D eigenvalue weighted by Gasteiger charge is -2.37. The number of ether oxygens (including phenoxy) is 1. The number of nitrogens with zero attached hydrogens (tertiary/aromatic N) is 5. The second-order valence-electron chi connectivity index (χ2n) is 7.20. The minimum absolute atomic E-state index is 0.720. The number of anilines is 1. The molecule has 0 spiro atoms. The molecule has 3 aromatic rings. The predicted molar refractivity (Wildman–Crippen MR) is 121 cm³/mol. The third kappa shape index (κ3) is 4.56. The van der Waals surface area contributed by atoms with E-state index in [0.717, 1.165) is 50.1 Å². The number of benzene rings is 2. The minimum Gasteiger partial charge on any atom is -0.497 e. The molecule has 4 rings (SSSR count). The van der Waals surface area contributed by atoms with E-state index >= 15 is 0 Å². The van der Waals surface area contributed by atoms with Crippen LogP contribution in [0.2, 0.25) is 0 Å². The van der Waals surface area contributed by atoms with Gasteiger partial charge < -0.3 is 19.9 Å². The van der Waals surface area contributed by atoms with Crippen LogP contribution in [0.1, 0.15) is 5.56 Å². The van der Waals surface area contributed by atoms with Crippen molar-refractivity contribution in [3.8, 4) is 11.4 Å². The van der Waals surface area contributed by atoms with Crippen LogP contribution >= 0.6 is 0 Å². The Morgan fingerprint density at radius 3 is 2.57 bits per heavy atom. The van der Waals surface area contributed by atoms with Crippen molar-refractivity contribution >= 4 is 11.6 Å². The Balaban J connectivity index is 1.34. The van der Waals surface area contributed by atoms with Crippen molar-refractivity contribution in [2.24, 2.45) is 4.99 Å². The average Bonchev–Trinajstić information content (AvgIpc) is 3.35. The first-order chi connectivity index (χ1) is 14.8. The second kappa shape index (κ2) is 9.35. The third-order valence-corrected chi connectivity index (χ3v) is 5.34. The Labute approximate surface area is 177 Å². The standard InChI is InChI=1S/C23H28N6O/c1-24-23(25-18-19-6-3-8-21(16-19)29-11-5-10-26-29)28-14-12-27(13-15-28)20-7-4-9-22(17-20)30-2/h3-11,16-17H,12-15,18H2,1-2H3,(H,24,25). The van der Waals surface area contributed by atoms with Crippen LogP contribution in [-0.4, -0.2) is 61.0 Å². The van der Waals surface area contributed by atoms with Crippen molar-refractivity contribution in [1.29, 1.82) is 0 Å². The molecule has 0 amide bonds. The number of nitrogens with one attached hydrogen (secondary N) is 1. The zero-order valence-corrected chi connectivity index (χ0v) is 17.5. The van der Waals surface area contributed by atoms with Crippen molar-refractivity contribution in [1.82, 2.24) is 20.0 Å². The van der Waals surface area contributed by atoms with E-state index in [2.05, 4.69) is 61.6 Å². The lowest BCUT2D eigenvalue weighted by Crippen LogP contribution is -2.52. The first-order valence-electron chi connectivity index (χ1n) is 10.2. The van der Waals surface area contributed by atoms with Crippen molar-refractivity contribution in [2.45, 2.75) is 6.54 Å². The largest absolute Gasteiger partial charge is 0.497 e. The zero-order chi connectivity index (χ0) is 20.8. The molecule has 2 aromatic carbocycles. The van der Waals surface area contributed by atoms with E-state index in [9.17, 15) is 0 Å². The second-order valence-corrected chi connectivity index (χ2v) is 7.20. The molecule has 1 fully saturated rings. The maximum absolute atomic E-state index is 5.36. The normalized spacial score (nSPS) is 14.7. The van der Waals surface area contributed by atoms with Crippen LogP contribution in [0.15, 0.2) is 72.0 Å². The maximum Gasteiger partial charge on any atom is 0.194 e. The summed E-state index contributed by atoms with van der Waals surface area (Å²) in [5, 5.41) is 7.82. The van der Waals surface area contributed by atoms with Gasteiger partial charge in [-0.3, -0.25) is 4.99 Å². The number of piperazine rings is 1. The number of aliphatic imine (C=N–C) groups is 1. The van der Waals surface area contributed by atoms with Gasteiger partial charge >= 0.3 is 0 Å². The molecule has 7 nitrogen and oxygen atoms in total. The van der Waals surface area contributed by atoms with Gasteiger partial charge in [0, 0.05) is 63.9 Å². The van der Waals surface area contributed by atoms with Gasteiger partial charge in [-0.25, -0.2) is 4.68 Å². The maximum atomic E-state index is 5.36. The molecule has 7 heteroatoms. The number of methoxy groups -OCH3 is 1. The summed E-state index contributed by atoms with van der Waals surface area (Å²) < 4.78 is 7.23. The Morgan fingerprint density at radius 2 is 1.83 bits per heavy atom. The average molecular weight is 405 g/mol. The van der Waals surface area contributed by atoms with E-state index in [-0.39, 0.29) is 0 Å². The van der Waals surface area contributed by atoms with Gasteiger partial charge in [0.1, 0.15) is 5.75 Å². The highest BCUT2D eigenvalue weighted by atomic mass is 16.5. The molecule has 0 aliphatic carbocycles. The van der Waals surface area contributed by atoms with Crippen molar-refractivity contribution < 1.29 is 4.74 Å². The number of rotatable bonds is 5. The van der Waals surface area contributed by atoms with Crippen LogP contribution in [0.4, 0.5) is 5.69 Å². The fourth-order valence-electron chi connectivity index (χ4n) is 3.73. The lowest BCUT2D eigenvalue weighted by molar-refractivity contribution is 0.372. The van der Waals surface area contributed by atoms with Crippen molar-refractivity contribution in [2.75, 3.05) is 45.2 Å². The summed E-state index contributed by atoms with van der Waals surface area (Å²) in [6.45, 7) is 4.46. The van der Waals surface area contributed by atoms with Gasteiger partial charge in [0.25, 0.3) is 0 Å². The Bertz CT molecular complexity index is 977. The topological polar surface area (TPSA) is 57.9 Å². The molecule has 156 valence electrons. The van der Waals surface area contributed by atoms with Gasteiger partial charge in [-0.05, 0) is 35.9 Å². The first-order valence-corrected chi connectivity index (χ1v) is 10.2. The van der Waals surface area contributed by atoms with E-state index in [1.54, 1.807) is 13.3 Å². The summed E-state index contributed by atoms with van der Waals surface area (Å²) in [6.07, 6.45) is 3.74. The molecule has 1 aromatic heterocycles. The Morgan fingerprint density at radius 1 is 1.03 bits per heavy atom. The van der Waals surface area contributed by atoms with Crippen LogP contribution in [0.3, 0.4) is 0 Å². The van der Waals surface area contributed by atoms with Crippen molar-refractivity contribution in [3.05, 3.63) is 72.6 Å². The summed E-state index contributed by atoms with van der Waals surface area (Å²) in [4.78, 5) is 9.20. The smallest absolute Gasteiger partial charge is 0.194 e. The lowest BCUT2D eigenvalue weighted by atomic mass is 10.2. The van der Waals surface area contributed by atoms with Crippen LogP contribution in [0.5, 0.6) is 5.75 Å². The van der Waals surface area contributed by atoms with Gasteiger partial charge in [0.05, 0.1) is 12.8 Å². The van der Waals surface area contributed by atoms with Crippen LogP contribution in [-0.2, 0) is 6.54 Å². The molecule has 0 saturated carbocycles. The van der Waals surface area contributed by atoms with Crippen LogP contribution < -0.4 is 15.0 Å². The molecule has 0 unspecified atom stereocenters. The molecule has 1 aliphatic heterocycles. The van der Waals surface area contributed by atoms with Gasteiger partial charge in [0.2, 0.25) is 0 Å². The van der Waals surface area contributed by atoms with E-state index in [1.165, 1.54) is 11.3 Å². The van der Waals surface area contributed by atoms with Crippen LogP contribution in [0.25, 0.3) is 5.69 Å². The molecule has 1 aliphatic rings. The molecular formula is C23H28N6O. The molecule has 0 atom stereocenters.